The van der Waals surface area contributed by atoms with Gasteiger partial charge in [0.05, 0.1) is 0 Å². The Labute approximate surface area is 93.1 Å². The standard InChI is InChI=1S/C10H10O2.Bi.2H/c1-8(11)7-10(12)9-5-3-2-4-6-9;;;/h2-7,12H,1H3;;;/q;+1;;/p-1/b10-7+;;;. The quantitative estimate of drug-likeness (QED) is 0.453. The van der Waals surface area contributed by atoms with Crippen molar-refractivity contribution in [2.75, 3.05) is 0 Å². The van der Waals surface area contributed by atoms with E-state index >= 15 is 0 Å². The van der Waals surface area contributed by atoms with E-state index in [9.17, 15) is 4.79 Å². The van der Waals surface area contributed by atoms with Crippen molar-refractivity contribution in [3.05, 3.63) is 42.0 Å². The summed E-state index contributed by atoms with van der Waals surface area (Å²) in [4.78, 5) is 10.8. The van der Waals surface area contributed by atoms with Crippen LogP contribution in [0.15, 0.2) is 36.4 Å². The van der Waals surface area contributed by atoms with Crippen LogP contribution in [-0.4, -0.2) is 30.9 Å². The molecule has 0 aliphatic carbocycles. The van der Waals surface area contributed by atoms with Crippen molar-refractivity contribution in [1.29, 1.82) is 0 Å². The van der Waals surface area contributed by atoms with E-state index < -0.39 is 0 Å². The van der Waals surface area contributed by atoms with Crippen LogP contribution in [0.3, 0.4) is 0 Å². The van der Waals surface area contributed by atoms with Gasteiger partial charge in [-0.05, 0) is 0 Å². The molecular weight excluding hydrogens is 361 g/mol. The molecule has 1 rings (SSSR count). The maximum atomic E-state index is 10.8. The molecule has 0 heterocycles. The number of benzene rings is 1. The fourth-order valence-electron chi connectivity index (χ4n) is 0.972. The zero-order valence-electron chi connectivity index (χ0n) is 7.36. The number of hydrogen-bond acceptors (Lipinski definition) is 2. The molecule has 0 saturated carbocycles. The van der Waals surface area contributed by atoms with Crippen molar-refractivity contribution in [3.63, 3.8) is 0 Å². The van der Waals surface area contributed by atoms with Gasteiger partial charge in [0.25, 0.3) is 0 Å². The Hall–Kier alpha value is -0.687. The van der Waals surface area contributed by atoms with Gasteiger partial charge in [-0.3, -0.25) is 0 Å². The van der Waals surface area contributed by atoms with Crippen molar-refractivity contribution in [2.24, 2.45) is 0 Å². The molecule has 3 heteroatoms. The number of carbonyl (C=O) groups excluding carboxylic acids is 1. The Morgan fingerprint density at radius 1 is 1.38 bits per heavy atom. The van der Waals surface area contributed by atoms with Crippen LogP contribution in [0.5, 0.6) is 0 Å². The minimum absolute atomic E-state index is 0.0134. The van der Waals surface area contributed by atoms with Gasteiger partial charge >= 0.3 is 93.2 Å². The number of carbonyl (C=O) groups is 1. The van der Waals surface area contributed by atoms with Crippen LogP contribution in [0.25, 0.3) is 5.76 Å². The number of allylic oxidation sites excluding steroid dienone is 1. The van der Waals surface area contributed by atoms with Gasteiger partial charge in [-0.1, -0.05) is 0 Å². The number of ketones is 1. The molecule has 0 aliphatic rings. The van der Waals surface area contributed by atoms with E-state index in [1.807, 2.05) is 30.3 Å². The molecular formula is C10H11BiO2. The third kappa shape index (κ3) is 3.27. The molecule has 0 N–H and O–H groups in total. The summed E-state index contributed by atoms with van der Waals surface area (Å²) < 4.78 is 5.25. The molecule has 0 saturated heterocycles. The number of hydrogen-bond donors (Lipinski definition) is 0. The summed E-state index contributed by atoms with van der Waals surface area (Å²) in [5, 5.41) is 0. The average Bonchev–Trinajstić information content (AvgIpc) is 2.15. The molecule has 0 aliphatic heterocycles. The maximum absolute atomic E-state index is 10.8. The van der Waals surface area contributed by atoms with E-state index in [1.54, 1.807) is 0 Å². The van der Waals surface area contributed by atoms with E-state index in [0.717, 1.165) is 5.56 Å². The molecule has 0 bridgehead atoms. The molecule has 0 amide bonds. The van der Waals surface area contributed by atoms with Crippen LogP contribution in [0.2, 0.25) is 0 Å². The average molecular weight is 372 g/mol. The van der Waals surface area contributed by atoms with Gasteiger partial charge in [-0.2, -0.15) is 0 Å². The van der Waals surface area contributed by atoms with Crippen molar-refractivity contribution in [2.45, 2.75) is 6.92 Å². The van der Waals surface area contributed by atoms with E-state index in [2.05, 4.69) is 0 Å². The predicted molar refractivity (Wildman–Crippen MR) is 54.7 cm³/mol. The van der Waals surface area contributed by atoms with Crippen molar-refractivity contribution >= 4 is 36.7 Å². The second-order valence-electron chi connectivity index (χ2n) is 2.60. The van der Waals surface area contributed by atoms with Gasteiger partial charge in [-0.25, -0.2) is 0 Å². The summed E-state index contributed by atoms with van der Waals surface area (Å²) >= 11 is 0.399. The first-order chi connectivity index (χ1) is 6.24. The molecule has 1 aromatic rings. The molecule has 0 unspecified atom stereocenters. The number of rotatable bonds is 3. The van der Waals surface area contributed by atoms with Gasteiger partial charge in [0.2, 0.25) is 0 Å². The summed E-state index contributed by atoms with van der Waals surface area (Å²) in [6.07, 6.45) is 1.52. The molecule has 0 fully saturated rings. The van der Waals surface area contributed by atoms with Crippen LogP contribution in [-0.2, 0) is 7.61 Å². The fraction of sp³-hybridized carbons (Fsp3) is 0.100. The second-order valence-corrected chi connectivity index (χ2v) is 3.52. The van der Waals surface area contributed by atoms with E-state index in [-0.39, 0.29) is 5.78 Å². The van der Waals surface area contributed by atoms with Gasteiger partial charge < -0.3 is 0 Å². The summed E-state index contributed by atoms with van der Waals surface area (Å²) in [6.45, 7) is 1.52. The van der Waals surface area contributed by atoms with Gasteiger partial charge in [0.1, 0.15) is 0 Å². The summed E-state index contributed by atoms with van der Waals surface area (Å²) in [5.74, 6) is 0.692. The Morgan fingerprint density at radius 3 is 2.46 bits per heavy atom. The first-order valence-electron chi connectivity index (χ1n) is 3.88. The SMILES string of the molecule is CC(=O)/C=C(/[O][BiH2])c1ccccc1. The zero-order chi connectivity index (χ0) is 9.68. The molecule has 1 aromatic carbocycles. The first-order valence-corrected chi connectivity index (χ1v) is 5.71. The molecule has 0 radical (unpaired) electrons. The van der Waals surface area contributed by atoms with Gasteiger partial charge in [0.15, 0.2) is 0 Å². The second kappa shape index (κ2) is 5.13. The molecule has 0 atom stereocenters. The normalized spacial score (nSPS) is 11.1. The van der Waals surface area contributed by atoms with Crippen LogP contribution in [0, 0.1) is 0 Å². The van der Waals surface area contributed by atoms with Crippen molar-refractivity contribution in [1.82, 2.24) is 0 Å². The third-order valence-electron chi connectivity index (χ3n) is 1.52. The minimum atomic E-state index is 0.0134. The summed E-state index contributed by atoms with van der Waals surface area (Å²) in [7, 11) is 0. The van der Waals surface area contributed by atoms with Crippen LogP contribution in [0.1, 0.15) is 12.5 Å². The van der Waals surface area contributed by atoms with E-state index in [0.29, 0.717) is 30.9 Å². The molecule has 13 heavy (non-hydrogen) atoms. The van der Waals surface area contributed by atoms with Gasteiger partial charge in [-0.15, -0.1) is 0 Å². The topological polar surface area (TPSA) is 26.3 Å². The van der Waals surface area contributed by atoms with Crippen LogP contribution >= 0.6 is 0 Å². The monoisotopic (exact) mass is 372 g/mol. The van der Waals surface area contributed by atoms with Crippen molar-refractivity contribution in [3.8, 4) is 0 Å². The Morgan fingerprint density at radius 2 is 2.00 bits per heavy atom. The molecule has 68 valence electrons. The van der Waals surface area contributed by atoms with E-state index in [1.165, 1.54) is 13.0 Å². The summed E-state index contributed by atoms with van der Waals surface area (Å²) in [5.41, 5.74) is 0.959. The van der Waals surface area contributed by atoms with E-state index in [4.69, 9.17) is 2.81 Å². The summed E-state index contributed by atoms with van der Waals surface area (Å²) in [6, 6.07) is 9.64. The molecule has 0 spiro atoms. The third-order valence-corrected chi connectivity index (χ3v) is 2.51. The Bertz CT molecular complexity index is 317. The van der Waals surface area contributed by atoms with Crippen molar-refractivity contribution < 1.29 is 7.61 Å². The van der Waals surface area contributed by atoms with Crippen LogP contribution < -0.4 is 0 Å². The first kappa shape index (κ1) is 10.4. The zero-order valence-corrected chi connectivity index (χ0v) is 11.8. The molecule has 0 aromatic heterocycles. The van der Waals surface area contributed by atoms with Crippen LogP contribution in [0.4, 0.5) is 0 Å². The predicted octanol–water partition coefficient (Wildman–Crippen LogP) is 1.18. The fourth-order valence-corrected chi connectivity index (χ4v) is 1.77. The molecule has 2 nitrogen and oxygen atoms in total. The Kier molecular flexibility index (Phi) is 4.10. The van der Waals surface area contributed by atoms with Gasteiger partial charge in [0, 0.05) is 0 Å². The Balaban J connectivity index is 2.98.